The number of esters is 1. The second-order valence-corrected chi connectivity index (χ2v) is 6.81. The second-order valence-electron chi connectivity index (χ2n) is 6.81. The molecule has 0 unspecified atom stereocenters. The lowest BCUT2D eigenvalue weighted by Gasteiger charge is -2.23. The zero-order chi connectivity index (χ0) is 15.3. The van der Waals surface area contributed by atoms with Gasteiger partial charge in [0.15, 0.2) is 0 Å². The van der Waals surface area contributed by atoms with Crippen LogP contribution < -0.4 is 17.0 Å². The summed E-state index contributed by atoms with van der Waals surface area (Å²) >= 11 is 0. The molecule has 128 valence electrons. The molecule has 4 heteroatoms. The number of quaternary nitrogens is 1. The van der Waals surface area contributed by atoms with Crippen LogP contribution in [0.1, 0.15) is 71.1 Å². The number of ether oxygens (including phenoxy) is 1. The van der Waals surface area contributed by atoms with Crippen LogP contribution in [0.5, 0.6) is 0 Å². The first kappa shape index (κ1) is 23.2. The predicted octanol–water partition coefficient (Wildman–Crippen LogP) is 1.16. The van der Waals surface area contributed by atoms with Gasteiger partial charge in [0.1, 0.15) is 13.2 Å². The number of rotatable bonds is 13. The van der Waals surface area contributed by atoms with Gasteiger partial charge >= 0.3 is 5.97 Å². The van der Waals surface area contributed by atoms with Gasteiger partial charge in [0.05, 0.1) is 21.1 Å². The molecule has 0 aromatic carbocycles. The molecule has 0 aromatic heterocycles. The van der Waals surface area contributed by atoms with Crippen LogP contribution in [0, 0.1) is 0 Å². The molecule has 0 N–H and O–H groups in total. The van der Waals surface area contributed by atoms with Gasteiger partial charge in [0.2, 0.25) is 0 Å². The van der Waals surface area contributed by atoms with Crippen LogP contribution in [-0.4, -0.2) is 44.7 Å². The topological polar surface area (TPSA) is 26.3 Å². The molecule has 0 radical (unpaired) electrons. The van der Waals surface area contributed by atoms with Crippen molar-refractivity contribution in [3.8, 4) is 0 Å². The van der Waals surface area contributed by atoms with E-state index < -0.39 is 0 Å². The van der Waals surface area contributed by atoms with Crippen molar-refractivity contribution >= 4 is 5.97 Å². The third kappa shape index (κ3) is 19.9. The van der Waals surface area contributed by atoms with E-state index in [-0.39, 0.29) is 23.0 Å². The second kappa shape index (κ2) is 14.8. The van der Waals surface area contributed by atoms with E-state index >= 15 is 0 Å². The first-order valence-corrected chi connectivity index (χ1v) is 8.42. The van der Waals surface area contributed by atoms with Crippen LogP contribution in [0.25, 0.3) is 0 Å². The quantitative estimate of drug-likeness (QED) is 0.278. The molecule has 3 nitrogen and oxygen atoms in total. The Morgan fingerprint density at radius 2 is 1.33 bits per heavy atom. The van der Waals surface area contributed by atoms with Crippen LogP contribution >= 0.6 is 0 Å². The van der Waals surface area contributed by atoms with Gasteiger partial charge in [-0.25, -0.2) is 0 Å². The van der Waals surface area contributed by atoms with Gasteiger partial charge in [-0.05, 0) is 6.42 Å². The predicted molar refractivity (Wildman–Crippen MR) is 85.7 cm³/mol. The first-order chi connectivity index (χ1) is 9.45. The highest BCUT2D eigenvalue weighted by molar-refractivity contribution is 5.69. The lowest BCUT2D eigenvalue weighted by atomic mass is 10.1. The molecule has 0 fully saturated rings. The fourth-order valence-electron chi connectivity index (χ4n) is 2.09. The number of hydrogen-bond donors (Lipinski definition) is 0. The smallest absolute Gasteiger partial charge is 0.305 e. The molecule has 0 heterocycles. The molecule has 0 spiro atoms. The standard InChI is InChI=1S/C17H36NO2.BrH/c1-5-6-7-8-9-10-11-12-13-14-17(19)20-16-15-18(2,3)4;/h5-16H2,1-4H3;1H/q+1;/p-1. The van der Waals surface area contributed by atoms with Crippen molar-refractivity contribution in [3.63, 3.8) is 0 Å². The summed E-state index contributed by atoms with van der Waals surface area (Å²) in [5.41, 5.74) is 0. The van der Waals surface area contributed by atoms with Crippen molar-refractivity contribution in [1.29, 1.82) is 0 Å². The Labute approximate surface area is 142 Å². The van der Waals surface area contributed by atoms with Gasteiger partial charge in [0, 0.05) is 6.42 Å². The minimum Gasteiger partial charge on any atom is -1.00 e. The maximum Gasteiger partial charge on any atom is 0.305 e. The van der Waals surface area contributed by atoms with E-state index in [9.17, 15) is 4.79 Å². The van der Waals surface area contributed by atoms with E-state index in [1.165, 1.54) is 44.9 Å². The summed E-state index contributed by atoms with van der Waals surface area (Å²) in [4.78, 5) is 11.5. The van der Waals surface area contributed by atoms with Crippen LogP contribution in [0.2, 0.25) is 0 Å². The van der Waals surface area contributed by atoms with Crippen molar-refractivity contribution in [2.45, 2.75) is 71.1 Å². The fraction of sp³-hybridized carbons (Fsp3) is 0.941. The normalized spacial score (nSPS) is 11.0. The third-order valence-electron chi connectivity index (χ3n) is 3.51. The molecule has 0 aromatic rings. The molecule has 0 bridgehead atoms. The van der Waals surface area contributed by atoms with Gasteiger partial charge < -0.3 is 26.2 Å². The van der Waals surface area contributed by atoms with Gasteiger partial charge in [-0.3, -0.25) is 4.79 Å². The van der Waals surface area contributed by atoms with Crippen LogP contribution in [0.15, 0.2) is 0 Å². The van der Waals surface area contributed by atoms with E-state index in [1.54, 1.807) is 0 Å². The van der Waals surface area contributed by atoms with Crippen LogP contribution in [0.4, 0.5) is 0 Å². The van der Waals surface area contributed by atoms with E-state index in [1.807, 2.05) is 0 Å². The minimum atomic E-state index is -0.0265. The maximum atomic E-state index is 11.5. The van der Waals surface area contributed by atoms with E-state index in [2.05, 4.69) is 28.1 Å². The largest absolute Gasteiger partial charge is 1.00 e. The molecule has 0 aliphatic heterocycles. The van der Waals surface area contributed by atoms with Crippen molar-refractivity contribution < 1.29 is 31.0 Å². The lowest BCUT2D eigenvalue weighted by Crippen LogP contribution is -3.00. The number of carbonyl (C=O) groups excluding carboxylic acids is 1. The third-order valence-corrected chi connectivity index (χ3v) is 3.51. The lowest BCUT2D eigenvalue weighted by molar-refractivity contribution is -0.870. The van der Waals surface area contributed by atoms with E-state index in [4.69, 9.17) is 4.74 Å². The van der Waals surface area contributed by atoms with E-state index in [0.717, 1.165) is 23.9 Å². The van der Waals surface area contributed by atoms with Gasteiger partial charge in [0.25, 0.3) is 0 Å². The molecular formula is C17H36BrNO2. The minimum absolute atomic E-state index is 0. The molecule has 0 saturated heterocycles. The zero-order valence-corrected chi connectivity index (χ0v) is 16.2. The first-order valence-electron chi connectivity index (χ1n) is 8.42. The summed E-state index contributed by atoms with van der Waals surface area (Å²) in [6.45, 7) is 3.67. The van der Waals surface area contributed by atoms with Gasteiger partial charge in [-0.2, -0.15) is 0 Å². The van der Waals surface area contributed by atoms with Crippen molar-refractivity contribution in [2.75, 3.05) is 34.3 Å². The van der Waals surface area contributed by atoms with Crippen molar-refractivity contribution in [2.24, 2.45) is 0 Å². The Balaban J connectivity index is 0. The molecule has 0 amide bonds. The zero-order valence-electron chi connectivity index (χ0n) is 14.6. The maximum absolute atomic E-state index is 11.5. The molecule has 0 aliphatic carbocycles. The number of nitrogens with zero attached hydrogens (tertiary/aromatic N) is 1. The molecule has 0 atom stereocenters. The number of carbonyl (C=O) groups is 1. The average molecular weight is 366 g/mol. The van der Waals surface area contributed by atoms with Crippen molar-refractivity contribution in [3.05, 3.63) is 0 Å². The Morgan fingerprint density at radius 1 is 0.857 bits per heavy atom. The van der Waals surface area contributed by atoms with Gasteiger partial charge in [-0.15, -0.1) is 0 Å². The Bertz CT molecular complexity index is 239. The molecule has 0 saturated carbocycles. The van der Waals surface area contributed by atoms with E-state index in [0.29, 0.717) is 13.0 Å². The highest BCUT2D eigenvalue weighted by Crippen LogP contribution is 2.10. The number of hydrogen-bond acceptors (Lipinski definition) is 2. The Hall–Kier alpha value is -0.0900. The monoisotopic (exact) mass is 365 g/mol. The highest BCUT2D eigenvalue weighted by atomic mass is 79.9. The summed E-state index contributed by atoms with van der Waals surface area (Å²) in [7, 11) is 6.32. The molecular weight excluding hydrogens is 330 g/mol. The SMILES string of the molecule is CCCCCCCCCCCC(=O)OCC[N+](C)(C)C.[Br-]. The van der Waals surface area contributed by atoms with Crippen LogP contribution in [0.3, 0.4) is 0 Å². The van der Waals surface area contributed by atoms with Crippen LogP contribution in [-0.2, 0) is 9.53 Å². The Kier molecular flexibility index (Phi) is 16.4. The summed E-state index contributed by atoms with van der Waals surface area (Å²) < 4.78 is 6.07. The summed E-state index contributed by atoms with van der Waals surface area (Å²) in [6, 6.07) is 0. The summed E-state index contributed by atoms with van der Waals surface area (Å²) in [6.07, 6.45) is 12.1. The molecule has 0 aliphatic rings. The Morgan fingerprint density at radius 3 is 1.81 bits per heavy atom. The number of halogens is 1. The average Bonchev–Trinajstić information content (AvgIpc) is 2.35. The number of likely N-dealkylation sites (N-methyl/N-ethyl adjacent to an activating group) is 1. The molecule has 21 heavy (non-hydrogen) atoms. The molecule has 0 rings (SSSR count). The van der Waals surface area contributed by atoms with Crippen molar-refractivity contribution in [1.82, 2.24) is 0 Å². The summed E-state index contributed by atoms with van der Waals surface area (Å²) in [5, 5.41) is 0. The van der Waals surface area contributed by atoms with Gasteiger partial charge in [-0.1, -0.05) is 58.3 Å². The summed E-state index contributed by atoms with van der Waals surface area (Å²) in [5.74, 6) is -0.0265. The fourth-order valence-corrected chi connectivity index (χ4v) is 2.09. The highest BCUT2D eigenvalue weighted by Gasteiger charge is 2.08. The number of unbranched alkanes of at least 4 members (excludes halogenated alkanes) is 8.